The Balaban J connectivity index is 1.95. The van der Waals surface area contributed by atoms with Crippen LogP contribution in [0.5, 0.6) is 0 Å². The fraction of sp³-hybridized carbons (Fsp3) is 0.235. The molecule has 1 N–H and O–H groups in total. The topological polar surface area (TPSA) is 66.5 Å². The highest BCUT2D eigenvalue weighted by Crippen LogP contribution is 2.09. The summed E-state index contributed by atoms with van der Waals surface area (Å²) >= 11 is 0. The molecule has 0 heterocycles. The van der Waals surface area contributed by atoms with Crippen LogP contribution in [0, 0.1) is 5.82 Å². The fourth-order valence-electron chi connectivity index (χ4n) is 2.16. The highest BCUT2D eigenvalue weighted by atomic mass is 32.2. The molecule has 128 valence electrons. The van der Waals surface area contributed by atoms with Crippen LogP contribution in [0.2, 0.25) is 0 Å². The summed E-state index contributed by atoms with van der Waals surface area (Å²) in [5, 5.41) is 0. The van der Waals surface area contributed by atoms with E-state index in [1.54, 1.807) is 4.90 Å². The second-order valence-electron chi connectivity index (χ2n) is 5.28. The number of carbonyl (C=O) groups is 1. The summed E-state index contributed by atoms with van der Waals surface area (Å²) in [6.07, 6.45) is 0. The zero-order chi connectivity index (χ0) is 17.6. The third kappa shape index (κ3) is 5.14. The van der Waals surface area contributed by atoms with E-state index in [4.69, 9.17) is 0 Å². The van der Waals surface area contributed by atoms with E-state index in [0.29, 0.717) is 6.54 Å². The maximum absolute atomic E-state index is 12.9. The van der Waals surface area contributed by atoms with E-state index < -0.39 is 15.8 Å². The van der Waals surface area contributed by atoms with Crippen LogP contribution in [0.3, 0.4) is 0 Å². The first-order valence-corrected chi connectivity index (χ1v) is 8.91. The molecule has 0 unspecified atom stereocenters. The van der Waals surface area contributed by atoms with Crippen molar-refractivity contribution >= 4 is 15.9 Å². The molecular weight excluding hydrogens is 331 g/mol. The molecule has 7 heteroatoms. The smallest absolute Gasteiger partial charge is 0.240 e. The molecule has 0 atom stereocenters. The SMILES string of the molecule is CC(=O)N(CCNS(=O)(=O)c1ccc(F)cc1)Cc1ccccc1. The van der Waals surface area contributed by atoms with Crippen LogP contribution < -0.4 is 4.72 Å². The minimum Gasteiger partial charge on any atom is -0.337 e. The van der Waals surface area contributed by atoms with Gasteiger partial charge >= 0.3 is 0 Å². The number of amides is 1. The van der Waals surface area contributed by atoms with Gasteiger partial charge in [-0.2, -0.15) is 0 Å². The molecule has 24 heavy (non-hydrogen) atoms. The molecule has 0 aromatic heterocycles. The Morgan fingerprint density at radius 3 is 2.29 bits per heavy atom. The molecule has 0 fully saturated rings. The van der Waals surface area contributed by atoms with Gasteiger partial charge in [0.25, 0.3) is 0 Å². The minimum absolute atomic E-state index is 0.0127. The van der Waals surface area contributed by atoms with Crippen LogP contribution in [-0.4, -0.2) is 32.3 Å². The molecule has 0 aliphatic heterocycles. The summed E-state index contributed by atoms with van der Waals surface area (Å²) in [7, 11) is -3.73. The highest BCUT2D eigenvalue weighted by Gasteiger charge is 2.15. The normalized spacial score (nSPS) is 11.2. The Labute approximate surface area is 141 Å². The average molecular weight is 350 g/mol. The van der Waals surface area contributed by atoms with E-state index in [1.807, 2.05) is 30.3 Å². The quantitative estimate of drug-likeness (QED) is 0.832. The van der Waals surface area contributed by atoms with Gasteiger partial charge in [0, 0.05) is 26.6 Å². The van der Waals surface area contributed by atoms with E-state index >= 15 is 0 Å². The summed E-state index contributed by atoms with van der Waals surface area (Å²) in [4.78, 5) is 13.3. The predicted molar refractivity (Wildman–Crippen MR) is 89.1 cm³/mol. The predicted octanol–water partition coefficient (Wildman–Crippen LogP) is 2.15. The molecule has 2 rings (SSSR count). The van der Waals surface area contributed by atoms with Crippen molar-refractivity contribution in [3.63, 3.8) is 0 Å². The first kappa shape index (κ1) is 18.1. The van der Waals surface area contributed by atoms with Crippen molar-refractivity contribution in [2.75, 3.05) is 13.1 Å². The number of benzene rings is 2. The molecule has 0 saturated heterocycles. The Morgan fingerprint density at radius 1 is 1.08 bits per heavy atom. The van der Waals surface area contributed by atoms with E-state index in [-0.39, 0.29) is 23.9 Å². The third-order valence-corrected chi connectivity index (χ3v) is 4.94. The number of hydrogen-bond acceptors (Lipinski definition) is 3. The van der Waals surface area contributed by atoms with Crippen LogP contribution in [0.1, 0.15) is 12.5 Å². The maximum atomic E-state index is 12.9. The van der Waals surface area contributed by atoms with E-state index in [1.165, 1.54) is 19.1 Å². The standard InChI is InChI=1S/C17H19FN2O3S/c1-14(21)20(13-15-5-3-2-4-6-15)12-11-19-24(22,23)17-9-7-16(18)8-10-17/h2-10,19H,11-13H2,1H3. The van der Waals surface area contributed by atoms with Crippen LogP contribution in [0.15, 0.2) is 59.5 Å². The second kappa shape index (κ2) is 8.03. The van der Waals surface area contributed by atoms with Gasteiger partial charge in [0.05, 0.1) is 4.90 Å². The van der Waals surface area contributed by atoms with Gasteiger partial charge in [0.15, 0.2) is 0 Å². The molecule has 0 aliphatic rings. The van der Waals surface area contributed by atoms with Crippen molar-refractivity contribution in [3.8, 4) is 0 Å². The summed E-state index contributed by atoms with van der Waals surface area (Å²) in [5.74, 6) is -0.639. The number of carbonyl (C=O) groups excluding carboxylic acids is 1. The lowest BCUT2D eigenvalue weighted by atomic mass is 10.2. The summed E-state index contributed by atoms with van der Waals surface area (Å²) in [5.41, 5.74) is 0.967. The largest absolute Gasteiger partial charge is 0.337 e. The molecule has 2 aromatic rings. The Bertz CT molecular complexity index is 777. The number of nitrogens with one attached hydrogen (secondary N) is 1. The van der Waals surface area contributed by atoms with Gasteiger partial charge in [-0.15, -0.1) is 0 Å². The van der Waals surface area contributed by atoms with Crippen molar-refractivity contribution in [2.24, 2.45) is 0 Å². The number of hydrogen-bond donors (Lipinski definition) is 1. The van der Waals surface area contributed by atoms with Gasteiger partial charge in [0.1, 0.15) is 5.82 Å². The first-order valence-electron chi connectivity index (χ1n) is 7.43. The van der Waals surface area contributed by atoms with Crippen LogP contribution >= 0.6 is 0 Å². The maximum Gasteiger partial charge on any atom is 0.240 e. The van der Waals surface area contributed by atoms with Gasteiger partial charge in [-0.3, -0.25) is 4.79 Å². The van der Waals surface area contributed by atoms with Crippen molar-refractivity contribution < 1.29 is 17.6 Å². The zero-order valence-corrected chi connectivity index (χ0v) is 14.1. The molecule has 0 saturated carbocycles. The molecule has 2 aromatic carbocycles. The highest BCUT2D eigenvalue weighted by molar-refractivity contribution is 7.89. The zero-order valence-electron chi connectivity index (χ0n) is 13.3. The number of nitrogens with zero attached hydrogens (tertiary/aromatic N) is 1. The Hall–Kier alpha value is -2.25. The molecule has 0 bridgehead atoms. The number of sulfonamides is 1. The van der Waals surface area contributed by atoms with Gasteiger partial charge in [-0.1, -0.05) is 30.3 Å². The molecule has 0 aliphatic carbocycles. The van der Waals surface area contributed by atoms with Crippen molar-refractivity contribution in [1.82, 2.24) is 9.62 Å². The lowest BCUT2D eigenvalue weighted by Crippen LogP contribution is -2.37. The van der Waals surface area contributed by atoms with Crippen LogP contribution in [0.4, 0.5) is 4.39 Å². The molecule has 1 amide bonds. The van der Waals surface area contributed by atoms with Crippen LogP contribution in [-0.2, 0) is 21.4 Å². The second-order valence-corrected chi connectivity index (χ2v) is 7.04. The lowest BCUT2D eigenvalue weighted by Gasteiger charge is -2.21. The molecular formula is C17H19FN2O3S. The molecule has 0 spiro atoms. The Morgan fingerprint density at radius 2 is 1.71 bits per heavy atom. The Kier molecular flexibility index (Phi) is 6.05. The third-order valence-electron chi connectivity index (χ3n) is 3.46. The van der Waals surface area contributed by atoms with E-state index in [2.05, 4.69) is 4.72 Å². The summed E-state index contributed by atoms with van der Waals surface area (Å²) < 4.78 is 39.5. The van der Waals surface area contributed by atoms with Crippen molar-refractivity contribution in [1.29, 1.82) is 0 Å². The van der Waals surface area contributed by atoms with Gasteiger partial charge in [0.2, 0.25) is 15.9 Å². The average Bonchev–Trinajstić information content (AvgIpc) is 2.55. The van der Waals surface area contributed by atoms with Gasteiger partial charge in [-0.25, -0.2) is 17.5 Å². The minimum atomic E-state index is -3.73. The molecule has 5 nitrogen and oxygen atoms in total. The molecule has 0 radical (unpaired) electrons. The number of halogens is 1. The van der Waals surface area contributed by atoms with Crippen molar-refractivity contribution in [3.05, 3.63) is 66.0 Å². The van der Waals surface area contributed by atoms with Gasteiger partial charge in [-0.05, 0) is 29.8 Å². The van der Waals surface area contributed by atoms with E-state index in [9.17, 15) is 17.6 Å². The summed E-state index contributed by atoms with van der Waals surface area (Å²) in [6.45, 7) is 2.17. The monoisotopic (exact) mass is 350 g/mol. The van der Waals surface area contributed by atoms with E-state index in [0.717, 1.165) is 17.7 Å². The fourth-order valence-corrected chi connectivity index (χ4v) is 3.18. The number of rotatable bonds is 7. The summed E-state index contributed by atoms with van der Waals surface area (Å²) in [6, 6.07) is 14.0. The van der Waals surface area contributed by atoms with Gasteiger partial charge < -0.3 is 4.90 Å². The van der Waals surface area contributed by atoms with Crippen LogP contribution in [0.25, 0.3) is 0 Å². The lowest BCUT2D eigenvalue weighted by molar-refractivity contribution is -0.129. The van der Waals surface area contributed by atoms with Crippen molar-refractivity contribution in [2.45, 2.75) is 18.4 Å². The first-order chi connectivity index (χ1) is 11.4.